The van der Waals surface area contributed by atoms with Gasteiger partial charge in [0.25, 0.3) is 0 Å². The highest BCUT2D eigenvalue weighted by molar-refractivity contribution is 8.00. The van der Waals surface area contributed by atoms with Gasteiger partial charge in [-0.05, 0) is 31.4 Å². The molecule has 1 aliphatic heterocycles. The molecule has 4 nitrogen and oxygen atoms in total. The summed E-state index contributed by atoms with van der Waals surface area (Å²) in [5, 5.41) is 11.9. The van der Waals surface area contributed by atoms with Crippen LogP contribution in [-0.2, 0) is 9.59 Å². The number of carboxylic acid groups (broad SMARTS) is 1. The minimum absolute atomic E-state index is 0.0536. The number of aliphatic carboxylic acids is 1. The molecule has 92 valence electrons. The fourth-order valence-electron chi connectivity index (χ4n) is 1.68. The number of rotatable bonds is 7. The van der Waals surface area contributed by atoms with Gasteiger partial charge in [-0.2, -0.15) is 11.8 Å². The standard InChI is InChI=1S/C11H19NO3S/c13-10(5-1-2-6-11(14)15)12-8-9-4-3-7-16-9/h9H,1-8H2,(H,12,13)(H,14,15). The molecular weight excluding hydrogens is 226 g/mol. The van der Waals surface area contributed by atoms with Crippen molar-refractivity contribution in [1.29, 1.82) is 0 Å². The molecular formula is C11H19NO3S. The van der Waals surface area contributed by atoms with Crippen LogP contribution in [0.5, 0.6) is 0 Å². The molecule has 1 rings (SSSR count). The fourth-order valence-corrected chi connectivity index (χ4v) is 2.88. The summed E-state index contributed by atoms with van der Waals surface area (Å²) in [7, 11) is 0. The van der Waals surface area contributed by atoms with E-state index in [2.05, 4.69) is 5.32 Å². The van der Waals surface area contributed by atoms with E-state index >= 15 is 0 Å². The first-order chi connectivity index (χ1) is 7.68. The highest BCUT2D eigenvalue weighted by Crippen LogP contribution is 2.25. The van der Waals surface area contributed by atoms with Crippen molar-refractivity contribution < 1.29 is 14.7 Å². The number of hydrogen-bond donors (Lipinski definition) is 2. The first-order valence-electron chi connectivity index (χ1n) is 5.78. The third kappa shape index (κ3) is 6.00. The van der Waals surface area contributed by atoms with Gasteiger partial charge in [0.2, 0.25) is 5.91 Å². The lowest BCUT2D eigenvalue weighted by Gasteiger charge is -2.09. The molecule has 1 amide bonds. The maximum Gasteiger partial charge on any atom is 0.303 e. The van der Waals surface area contributed by atoms with Crippen molar-refractivity contribution in [2.24, 2.45) is 0 Å². The van der Waals surface area contributed by atoms with Gasteiger partial charge in [-0.15, -0.1) is 0 Å². The van der Waals surface area contributed by atoms with Gasteiger partial charge >= 0.3 is 5.97 Å². The smallest absolute Gasteiger partial charge is 0.303 e. The summed E-state index contributed by atoms with van der Waals surface area (Å²) in [5.74, 6) is 0.472. The van der Waals surface area contributed by atoms with Gasteiger partial charge in [-0.25, -0.2) is 0 Å². The van der Waals surface area contributed by atoms with Gasteiger partial charge in [-0.1, -0.05) is 0 Å². The van der Waals surface area contributed by atoms with E-state index in [0.29, 0.717) is 24.5 Å². The van der Waals surface area contributed by atoms with Gasteiger partial charge < -0.3 is 10.4 Å². The number of carboxylic acids is 1. The molecule has 0 aromatic rings. The quantitative estimate of drug-likeness (QED) is 0.669. The van der Waals surface area contributed by atoms with E-state index in [1.807, 2.05) is 11.8 Å². The number of carbonyl (C=O) groups is 2. The van der Waals surface area contributed by atoms with Gasteiger partial charge in [0.05, 0.1) is 0 Å². The maximum absolute atomic E-state index is 11.4. The Morgan fingerprint density at radius 2 is 2.06 bits per heavy atom. The van der Waals surface area contributed by atoms with Crippen molar-refractivity contribution in [2.75, 3.05) is 12.3 Å². The minimum Gasteiger partial charge on any atom is -0.481 e. The van der Waals surface area contributed by atoms with Crippen LogP contribution in [0.4, 0.5) is 0 Å². The first kappa shape index (κ1) is 13.4. The van der Waals surface area contributed by atoms with Crippen molar-refractivity contribution in [3.63, 3.8) is 0 Å². The predicted molar refractivity (Wildman–Crippen MR) is 64.6 cm³/mol. The molecule has 0 radical (unpaired) electrons. The molecule has 16 heavy (non-hydrogen) atoms. The summed E-state index contributed by atoms with van der Waals surface area (Å²) >= 11 is 1.92. The van der Waals surface area contributed by atoms with Crippen molar-refractivity contribution in [3.05, 3.63) is 0 Å². The monoisotopic (exact) mass is 245 g/mol. The lowest BCUT2D eigenvalue weighted by molar-refractivity contribution is -0.137. The van der Waals surface area contributed by atoms with Crippen molar-refractivity contribution in [3.8, 4) is 0 Å². The Hall–Kier alpha value is -0.710. The highest BCUT2D eigenvalue weighted by Gasteiger charge is 2.15. The van der Waals surface area contributed by atoms with E-state index in [1.54, 1.807) is 0 Å². The number of carbonyl (C=O) groups excluding carboxylic acids is 1. The number of unbranched alkanes of at least 4 members (excludes halogenated alkanes) is 1. The van der Waals surface area contributed by atoms with E-state index in [-0.39, 0.29) is 12.3 Å². The molecule has 1 aliphatic rings. The average Bonchev–Trinajstić information content (AvgIpc) is 2.74. The fraction of sp³-hybridized carbons (Fsp3) is 0.818. The molecule has 0 aromatic carbocycles. The zero-order chi connectivity index (χ0) is 11.8. The second kappa shape index (κ2) is 7.54. The molecule has 1 heterocycles. The van der Waals surface area contributed by atoms with Crippen LogP contribution in [0, 0.1) is 0 Å². The molecule has 1 fully saturated rings. The molecule has 5 heteroatoms. The Balaban J connectivity index is 1.95. The van der Waals surface area contributed by atoms with Crippen LogP contribution < -0.4 is 5.32 Å². The molecule has 2 N–H and O–H groups in total. The molecule has 0 spiro atoms. The second-order valence-electron chi connectivity index (χ2n) is 4.04. The number of nitrogens with one attached hydrogen (secondary N) is 1. The summed E-state index contributed by atoms with van der Waals surface area (Å²) < 4.78 is 0. The van der Waals surface area contributed by atoms with Crippen LogP contribution in [-0.4, -0.2) is 34.5 Å². The Bertz CT molecular complexity index is 239. The van der Waals surface area contributed by atoms with Gasteiger partial charge in [0, 0.05) is 24.6 Å². The van der Waals surface area contributed by atoms with Crippen molar-refractivity contribution in [2.45, 2.75) is 43.8 Å². The zero-order valence-electron chi connectivity index (χ0n) is 9.41. The van der Waals surface area contributed by atoms with Crippen molar-refractivity contribution >= 4 is 23.6 Å². The van der Waals surface area contributed by atoms with Crippen LogP contribution in [0.15, 0.2) is 0 Å². The molecule has 1 saturated heterocycles. The summed E-state index contributed by atoms with van der Waals surface area (Å²) in [5.41, 5.74) is 0. The summed E-state index contributed by atoms with van der Waals surface area (Å²) in [6, 6.07) is 0. The lowest BCUT2D eigenvalue weighted by atomic mass is 10.2. The van der Waals surface area contributed by atoms with E-state index in [1.165, 1.54) is 18.6 Å². The highest BCUT2D eigenvalue weighted by atomic mass is 32.2. The summed E-state index contributed by atoms with van der Waals surface area (Å²) in [6.45, 7) is 0.766. The van der Waals surface area contributed by atoms with Crippen LogP contribution >= 0.6 is 11.8 Å². The van der Waals surface area contributed by atoms with Crippen LogP contribution in [0.25, 0.3) is 0 Å². The first-order valence-corrected chi connectivity index (χ1v) is 6.83. The second-order valence-corrected chi connectivity index (χ2v) is 5.45. The van der Waals surface area contributed by atoms with Crippen molar-refractivity contribution in [1.82, 2.24) is 5.32 Å². The molecule has 0 aliphatic carbocycles. The lowest BCUT2D eigenvalue weighted by Crippen LogP contribution is -2.29. The van der Waals surface area contributed by atoms with Crippen LogP contribution in [0.1, 0.15) is 38.5 Å². The van der Waals surface area contributed by atoms with Gasteiger partial charge in [0.1, 0.15) is 0 Å². The number of amides is 1. The third-order valence-corrected chi connectivity index (χ3v) is 3.99. The Morgan fingerprint density at radius 3 is 2.69 bits per heavy atom. The molecule has 1 atom stereocenters. The average molecular weight is 245 g/mol. The molecule has 1 unspecified atom stereocenters. The number of thioether (sulfide) groups is 1. The van der Waals surface area contributed by atoms with Crippen LogP contribution in [0.2, 0.25) is 0 Å². The van der Waals surface area contributed by atoms with E-state index in [9.17, 15) is 9.59 Å². The van der Waals surface area contributed by atoms with Gasteiger partial charge in [-0.3, -0.25) is 9.59 Å². The predicted octanol–water partition coefficient (Wildman–Crippen LogP) is 1.64. The van der Waals surface area contributed by atoms with E-state index in [4.69, 9.17) is 5.11 Å². The Morgan fingerprint density at radius 1 is 1.31 bits per heavy atom. The maximum atomic E-state index is 11.4. The summed E-state index contributed by atoms with van der Waals surface area (Å²) in [4.78, 5) is 21.6. The SMILES string of the molecule is O=C(O)CCCCC(=O)NCC1CCCS1. The van der Waals surface area contributed by atoms with Crippen LogP contribution in [0.3, 0.4) is 0 Å². The third-order valence-electron chi connectivity index (χ3n) is 2.60. The number of hydrogen-bond acceptors (Lipinski definition) is 3. The molecule has 0 bridgehead atoms. The van der Waals surface area contributed by atoms with E-state index < -0.39 is 5.97 Å². The molecule has 0 saturated carbocycles. The normalized spacial score (nSPS) is 19.6. The Labute approximate surface area is 100 Å². The summed E-state index contributed by atoms with van der Waals surface area (Å²) in [6.07, 6.45) is 4.31. The minimum atomic E-state index is -0.789. The Kier molecular flexibility index (Phi) is 6.30. The molecule has 0 aromatic heterocycles. The largest absolute Gasteiger partial charge is 0.481 e. The zero-order valence-corrected chi connectivity index (χ0v) is 10.2. The van der Waals surface area contributed by atoms with E-state index in [0.717, 1.165) is 6.54 Å². The van der Waals surface area contributed by atoms with Gasteiger partial charge in [0.15, 0.2) is 0 Å². The topological polar surface area (TPSA) is 66.4 Å².